The summed E-state index contributed by atoms with van der Waals surface area (Å²) in [4.78, 5) is 15.4. The molecule has 6 nitrogen and oxygen atoms in total. The third-order valence-electron chi connectivity index (χ3n) is 6.04. The van der Waals surface area contributed by atoms with E-state index in [2.05, 4.69) is 17.1 Å². The maximum atomic E-state index is 13.6. The van der Waals surface area contributed by atoms with Crippen molar-refractivity contribution in [2.75, 3.05) is 6.61 Å². The molecule has 0 spiro atoms. The summed E-state index contributed by atoms with van der Waals surface area (Å²) in [6.45, 7) is 2.99. The number of phenolic OH excluding ortho intramolecular Hbond substituents is 1. The van der Waals surface area contributed by atoms with Gasteiger partial charge in [0.15, 0.2) is 0 Å². The Hall–Kier alpha value is -3.48. The number of halogens is 2. The highest BCUT2D eigenvalue weighted by Gasteiger charge is 2.42. The van der Waals surface area contributed by atoms with Crippen molar-refractivity contribution in [1.82, 2.24) is 15.1 Å². The Morgan fingerprint density at radius 3 is 2.60 bits per heavy atom. The van der Waals surface area contributed by atoms with Crippen LogP contribution in [-0.4, -0.2) is 32.7 Å². The van der Waals surface area contributed by atoms with Crippen LogP contribution in [0.25, 0.3) is 11.3 Å². The van der Waals surface area contributed by atoms with Crippen molar-refractivity contribution in [3.63, 3.8) is 0 Å². The Morgan fingerprint density at radius 2 is 1.86 bits per heavy atom. The van der Waals surface area contributed by atoms with Crippen molar-refractivity contribution in [3.8, 4) is 22.8 Å². The molecule has 1 amide bonds. The monoisotopic (exact) mass is 507 g/mol. The first-order valence-corrected chi connectivity index (χ1v) is 12.1. The van der Waals surface area contributed by atoms with Gasteiger partial charge >= 0.3 is 0 Å². The number of nitrogens with zero attached hydrogens (tertiary/aromatic N) is 2. The van der Waals surface area contributed by atoms with Crippen LogP contribution < -0.4 is 4.74 Å². The van der Waals surface area contributed by atoms with E-state index < -0.39 is 6.04 Å². The maximum Gasteiger partial charge on any atom is 0.273 e. The fourth-order valence-corrected chi connectivity index (χ4v) is 4.75. The fourth-order valence-electron chi connectivity index (χ4n) is 4.39. The molecule has 2 heterocycles. The molecule has 1 aromatic heterocycles. The van der Waals surface area contributed by atoms with Crippen LogP contribution in [0.15, 0.2) is 66.7 Å². The molecule has 1 atom stereocenters. The van der Waals surface area contributed by atoms with Crippen molar-refractivity contribution in [2.24, 2.45) is 0 Å². The number of carbonyl (C=O) groups excluding carboxylic acids is 1. The smallest absolute Gasteiger partial charge is 0.273 e. The fraction of sp³-hybridized carbons (Fsp3) is 0.185. The summed E-state index contributed by atoms with van der Waals surface area (Å²) in [6, 6.07) is 19.5. The lowest BCUT2D eigenvalue weighted by Gasteiger charge is -2.27. The van der Waals surface area contributed by atoms with E-state index in [4.69, 9.17) is 27.9 Å². The van der Waals surface area contributed by atoms with Crippen LogP contribution in [0.5, 0.6) is 11.5 Å². The Labute approximate surface area is 213 Å². The minimum atomic E-state index is -0.457. The maximum absolute atomic E-state index is 13.6. The average molecular weight is 508 g/mol. The van der Waals surface area contributed by atoms with E-state index >= 15 is 0 Å². The van der Waals surface area contributed by atoms with Crippen molar-refractivity contribution < 1.29 is 14.6 Å². The highest BCUT2D eigenvalue weighted by molar-refractivity contribution is 6.31. The third kappa shape index (κ3) is 4.35. The molecular weight excluding hydrogens is 485 g/mol. The lowest BCUT2D eigenvalue weighted by Crippen LogP contribution is -2.29. The van der Waals surface area contributed by atoms with Crippen LogP contribution in [0.2, 0.25) is 10.0 Å². The number of hydrogen-bond acceptors (Lipinski definition) is 4. The van der Waals surface area contributed by atoms with E-state index in [1.54, 1.807) is 17.0 Å². The number of hydrogen-bond donors (Lipinski definition) is 2. The van der Waals surface area contributed by atoms with Crippen LogP contribution in [0.1, 0.15) is 46.6 Å². The SMILES string of the molecule is CCCOc1ccc(C2c3c(-c4cc(Cl)ccc4O)n[nH]c3C(=O)N2Cc2ccccc2Cl)cc1. The van der Waals surface area contributed by atoms with E-state index in [1.165, 1.54) is 6.07 Å². The summed E-state index contributed by atoms with van der Waals surface area (Å²) >= 11 is 12.7. The van der Waals surface area contributed by atoms with Gasteiger partial charge in [-0.05, 0) is 53.9 Å². The number of phenols is 1. The number of carbonyl (C=O) groups is 1. The zero-order valence-corrected chi connectivity index (χ0v) is 20.5. The van der Waals surface area contributed by atoms with Gasteiger partial charge in [0.2, 0.25) is 0 Å². The Bertz CT molecular complexity index is 1380. The quantitative estimate of drug-likeness (QED) is 0.294. The zero-order valence-electron chi connectivity index (χ0n) is 19.0. The molecule has 1 aliphatic rings. The Kier molecular flexibility index (Phi) is 6.41. The molecule has 4 aromatic rings. The second kappa shape index (κ2) is 9.64. The number of nitrogens with one attached hydrogen (secondary N) is 1. The first-order valence-electron chi connectivity index (χ1n) is 11.3. The van der Waals surface area contributed by atoms with Gasteiger partial charge in [-0.2, -0.15) is 5.10 Å². The molecule has 1 aliphatic heterocycles. The summed E-state index contributed by atoms with van der Waals surface area (Å²) in [5.41, 5.74) is 3.71. The Morgan fingerprint density at radius 1 is 1.09 bits per heavy atom. The van der Waals surface area contributed by atoms with Gasteiger partial charge in [-0.1, -0.05) is 60.5 Å². The first kappa shape index (κ1) is 23.3. The number of rotatable bonds is 7. The van der Waals surface area contributed by atoms with E-state index in [0.717, 1.165) is 23.3 Å². The number of H-pyrrole nitrogens is 1. The third-order valence-corrected chi connectivity index (χ3v) is 6.65. The van der Waals surface area contributed by atoms with E-state index in [9.17, 15) is 9.90 Å². The van der Waals surface area contributed by atoms with E-state index in [1.807, 2.05) is 48.5 Å². The summed E-state index contributed by atoms with van der Waals surface area (Å²) < 4.78 is 5.74. The molecule has 178 valence electrons. The standard InChI is InChI=1S/C27H23Cl2N3O3/c1-2-13-35-19-10-7-16(8-11-19)26-23-24(20-14-18(28)9-12-22(20)33)30-31-25(23)27(34)32(26)15-17-5-3-4-6-21(17)29/h3-12,14,26,33H,2,13,15H2,1H3,(H,30,31). The van der Waals surface area contributed by atoms with E-state index in [-0.39, 0.29) is 11.7 Å². The number of aromatic hydroxyl groups is 1. The van der Waals surface area contributed by atoms with Crippen LogP contribution in [-0.2, 0) is 6.54 Å². The molecule has 0 fully saturated rings. The van der Waals surface area contributed by atoms with Crippen molar-refractivity contribution in [2.45, 2.75) is 25.9 Å². The molecule has 0 bridgehead atoms. The molecule has 8 heteroatoms. The van der Waals surface area contributed by atoms with Gasteiger partial charge in [0.25, 0.3) is 5.91 Å². The topological polar surface area (TPSA) is 78.5 Å². The molecule has 5 rings (SSSR count). The predicted octanol–water partition coefficient (Wildman–Crippen LogP) is 6.62. The molecule has 0 saturated carbocycles. The number of fused-ring (bicyclic) bond motifs is 1. The number of ether oxygens (including phenoxy) is 1. The molecule has 0 saturated heterocycles. The van der Waals surface area contributed by atoms with Crippen LogP contribution in [0.4, 0.5) is 0 Å². The second-order valence-electron chi connectivity index (χ2n) is 8.37. The van der Waals surface area contributed by atoms with Gasteiger partial charge in [0.1, 0.15) is 22.9 Å². The summed E-state index contributed by atoms with van der Waals surface area (Å²) in [6.07, 6.45) is 0.912. The number of benzene rings is 3. The van der Waals surface area contributed by atoms with Gasteiger partial charge in [-0.15, -0.1) is 0 Å². The van der Waals surface area contributed by atoms with Crippen LogP contribution >= 0.6 is 23.2 Å². The summed E-state index contributed by atoms with van der Waals surface area (Å²) in [5, 5.41) is 18.9. The molecule has 0 aliphatic carbocycles. The molecule has 3 aromatic carbocycles. The van der Waals surface area contributed by atoms with Crippen molar-refractivity contribution >= 4 is 29.1 Å². The van der Waals surface area contributed by atoms with E-state index in [0.29, 0.717) is 45.7 Å². The van der Waals surface area contributed by atoms with Crippen LogP contribution in [0.3, 0.4) is 0 Å². The zero-order chi connectivity index (χ0) is 24.5. The van der Waals surface area contributed by atoms with Crippen molar-refractivity contribution in [3.05, 3.63) is 99.2 Å². The lowest BCUT2D eigenvalue weighted by atomic mass is 9.95. The number of aromatic nitrogens is 2. The average Bonchev–Trinajstić information content (AvgIpc) is 3.40. The molecule has 1 unspecified atom stereocenters. The lowest BCUT2D eigenvalue weighted by molar-refractivity contribution is 0.0730. The summed E-state index contributed by atoms with van der Waals surface area (Å²) in [7, 11) is 0. The minimum Gasteiger partial charge on any atom is -0.507 e. The van der Waals surface area contributed by atoms with Gasteiger partial charge in [0.05, 0.1) is 12.6 Å². The second-order valence-corrected chi connectivity index (χ2v) is 9.21. The highest BCUT2D eigenvalue weighted by Crippen LogP contribution is 2.46. The molecule has 0 radical (unpaired) electrons. The van der Waals surface area contributed by atoms with Gasteiger partial charge in [-0.25, -0.2) is 0 Å². The van der Waals surface area contributed by atoms with Crippen LogP contribution in [0, 0.1) is 0 Å². The number of amides is 1. The van der Waals surface area contributed by atoms with Crippen molar-refractivity contribution in [1.29, 1.82) is 0 Å². The molecule has 35 heavy (non-hydrogen) atoms. The van der Waals surface area contributed by atoms with Gasteiger partial charge in [-0.3, -0.25) is 9.89 Å². The minimum absolute atomic E-state index is 0.0303. The normalized spacial score (nSPS) is 14.9. The first-order chi connectivity index (χ1) is 17.0. The summed E-state index contributed by atoms with van der Waals surface area (Å²) in [5.74, 6) is 0.594. The highest BCUT2D eigenvalue weighted by atomic mass is 35.5. The number of aromatic amines is 1. The predicted molar refractivity (Wildman–Crippen MR) is 136 cm³/mol. The van der Waals surface area contributed by atoms with Gasteiger partial charge in [0, 0.05) is 27.7 Å². The molecule has 2 N–H and O–H groups in total. The van der Waals surface area contributed by atoms with Gasteiger partial charge < -0.3 is 14.7 Å². The Balaban J connectivity index is 1.63. The largest absolute Gasteiger partial charge is 0.507 e. The molecular formula is C27H23Cl2N3O3.